The molecule has 1 aromatic carbocycles. The molecule has 0 amide bonds. The first-order valence-electron chi connectivity index (χ1n) is 10.4. The fraction of sp³-hybridized carbons (Fsp3) is 0.545. The van der Waals surface area contributed by atoms with Crippen LogP contribution in [0.15, 0.2) is 30.3 Å². The van der Waals surface area contributed by atoms with Crippen molar-refractivity contribution >= 4 is 18.0 Å². The zero-order chi connectivity index (χ0) is 24.2. The third kappa shape index (κ3) is 6.28. The van der Waals surface area contributed by atoms with Crippen molar-refractivity contribution in [1.29, 1.82) is 0 Å². The highest BCUT2D eigenvalue weighted by Gasteiger charge is 2.47. The smallest absolute Gasteiger partial charge is 0.330 e. The van der Waals surface area contributed by atoms with Crippen LogP contribution in [0.25, 0.3) is 6.08 Å². The van der Waals surface area contributed by atoms with E-state index >= 15 is 0 Å². The number of carbonyl (C=O) groups is 2. The maximum Gasteiger partial charge on any atom is 0.330 e. The lowest BCUT2D eigenvalue weighted by Gasteiger charge is -2.40. The molecule has 1 aromatic rings. The highest BCUT2D eigenvalue weighted by molar-refractivity contribution is 5.87. The number of phenolic OH excluding ortho intramolecular Hbond substituents is 1. The number of hydrogen-bond donors (Lipinski definition) is 5. The molecular formula is C22H28O11. The first-order chi connectivity index (χ1) is 15.6. The second-order valence-corrected chi connectivity index (χ2v) is 8.25. The van der Waals surface area contributed by atoms with Crippen molar-refractivity contribution in [3.05, 3.63) is 35.9 Å². The van der Waals surface area contributed by atoms with Crippen molar-refractivity contribution in [1.82, 2.24) is 0 Å². The summed E-state index contributed by atoms with van der Waals surface area (Å²) in [4.78, 5) is 23.3. The average Bonchev–Trinajstić information content (AvgIpc) is 3.15. The lowest BCUT2D eigenvalue weighted by Crippen LogP contribution is -2.59. The summed E-state index contributed by atoms with van der Waals surface area (Å²) in [5.41, 5.74) is -0.774. The fourth-order valence-corrected chi connectivity index (χ4v) is 3.42. The van der Waals surface area contributed by atoms with Gasteiger partial charge in [0.2, 0.25) is 0 Å². The Kier molecular flexibility index (Phi) is 8.05. The van der Waals surface area contributed by atoms with Crippen LogP contribution in [-0.4, -0.2) is 93.6 Å². The zero-order valence-corrected chi connectivity index (χ0v) is 17.9. The van der Waals surface area contributed by atoms with Gasteiger partial charge in [0, 0.05) is 12.0 Å². The van der Waals surface area contributed by atoms with E-state index in [4.69, 9.17) is 18.9 Å². The molecule has 11 nitrogen and oxygen atoms in total. The van der Waals surface area contributed by atoms with E-state index < -0.39 is 60.8 Å². The molecule has 2 fully saturated rings. The van der Waals surface area contributed by atoms with Crippen LogP contribution in [0.3, 0.4) is 0 Å². The molecule has 2 aliphatic heterocycles. The lowest BCUT2D eigenvalue weighted by molar-refractivity contribution is -0.305. The second-order valence-electron chi connectivity index (χ2n) is 8.25. The van der Waals surface area contributed by atoms with Gasteiger partial charge in [-0.3, -0.25) is 4.79 Å². The molecule has 0 bridgehead atoms. The third-order valence-electron chi connectivity index (χ3n) is 5.72. The van der Waals surface area contributed by atoms with Gasteiger partial charge in [-0.05, 0) is 23.8 Å². The molecule has 5 N–H and O–H groups in total. The number of esters is 2. The van der Waals surface area contributed by atoms with Crippen LogP contribution in [0.1, 0.15) is 18.9 Å². The molecule has 0 spiro atoms. The van der Waals surface area contributed by atoms with Crippen molar-refractivity contribution in [2.45, 2.75) is 49.7 Å². The van der Waals surface area contributed by atoms with Crippen molar-refractivity contribution in [2.24, 2.45) is 5.92 Å². The van der Waals surface area contributed by atoms with E-state index in [-0.39, 0.29) is 25.4 Å². The van der Waals surface area contributed by atoms with Crippen LogP contribution in [0, 0.1) is 5.92 Å². The van der Waals surface area contributed by atoms with Gasteiger partial charge < -0.3 is 44.5 Å². The Hall–Kier alpha value is -2.54. The largest absolute Gasteiger partial charge is 0.508 e. The molecule has 0 aromatic heterocycles. The fourth-order valence-electron chi connectivity index (χ4n) is 3.42. The lowest BCUT2D eigenvalue weighted by atomic mass is 9.88. The molecule has 3 rings (SSSR count). The standard InChI is InChI=1S/C22H28O11/c1-12(22(29)8-17(25)32-11-22)9-31-21-20(28)19(27)18(26)15(33-21)10-30-16(24)7-4-13-2-5-14(23)6-3-13/h2-7,12,15,18-21,23,26-29H,8-11H2,1H3/b7-4+/t12?,15-,18-,19+,20-,21-,22?/m1/s1. The molecule has 2 unspecified atom stereocenters. The van der Waals surface area contributed by atoms with E-state index in [1.807, 2.05) is 0 Å². The van der Waals surface area contributed by atoms with E-state index in [2.05, 4.69) is 0 Å². The van der Waals surface area contributed by atoms with Gasteiger partial charge in [0.1, 0.15) is 49.0 Å². The number of aromatic hydroxyl groups is 1. The molecular weight excluding hydrogens is 440 g/mol. The normalized spacial score (nSPS) is 33.1. The van der Waals surface area contributed by atoms with E-state index in [1.54, 1.807) is 19.1 Å². The summed E-state index contributed by atoms with van der Waals surface area (Å²) in [6.45, 7) is 0.884. The monoisotopic (exact) mass is 468 g/mol. The summed E-state index contributed by atoms with van der Waals surface area (Å²) in [5.74, 6) is -1.74. The second kappa shape index (κ2) is 10.6. The minimum atomic E-state index is -1.63. The minimum absolute atomic E-state index is 0.0873. The quantitative estimate of drug-likeness (QED) is 0.236. The molecule has 0 saturated carbocycles. The third-order valence-corrected chi connectivity index (χ3v) is 5.72. The van der Waals surface area contributed by atoms with Gasteiger partial charge in [-0.1, -0.05) is 19.1 Å². The van der Waals surface area contributed by atoms with Gasteiger partial charge in [-0.2, -0.15) is 0 Å². The Morgan fingerprint density at radius 3 is 2.55 bits per heavy atom. The van der Waals surface area contributed by atoms with E-state index in [1.165, 1.54) is 18.2 Å². The molecule has 2 saturated heterocycles. The molecule has 0 radical (unpaired) electrons. The maximum atomic E-state index is 12.0. The van der Waals surface area contributed by atoms with Crippen LogP contribution in [-0.2, 0) is 28.5 Å². The van der Waals surface area contributed by atoms with Crippen molar-refractivity contribution < 1.29 is 54.1 Å². The van der Waals surface area contributed by atoms with Crippen LogP contribution in [0.4, 0.5) is 0 Å². The summed E-state index contributed by atoms with van der Waals surface area (Å²) >= 11 is 0. The van der Waals surface area contributed by atoms with Gasteiger partial charge >= 0.3 is 11.9 Å². The van der Waals surface area contributed by atoms with Crippen LogP contribution >= 0.6 is 0 Å². The number of carbonyl (C=O) groups excluding carboxylic acids is 2. The molecule has 7 atom stereocenters. The number of phenols is 1. The van der Waals surface area contributed by atoms with E-state index in [9.17, 15) is 35.1 Å². The van der Waals surface area contributed by atoms with E-state index in [0.717, 1.165) is 6.08 Å². The molecule has 0 aliphatic carbocycles. The number of cyclic esters (lactones) is 1. The number of ether oxygens (including phenoxy) is 4. The van der Waals surface area contributed by atoms with Gasteiger partial charge in [0.25, 0.3) is 0 Å². The highest BCUT2D eigenvalue weighted by Crippen LogP contribution is 2.30. The van der Waals surface area contributed by atoms with Crippen LogP contribution in [0.5, 0.6) is 5.75 Å². The van der Waals surface area contributed by atoms with Gasteiger partial charge in [-0.15, -0.1) is 0 Å². The summed E-state index contributed by atoms with van der Waals surface area (Å²) in [6.07, 6.45) is -4.90. The van der Waals surface area contributed by atoms with Crippen LogP contribution < -0.4 is 0 Å². The number of aliphatic hydroxyl groups excluding tert-OH is 3. The molecule has 11 heteroatoms. The Bertz CT molecular complexity index is 854. The van der Waals surface area contributed by atoms with E-state index in [0.29, 0.717) is 5.56 Å². The summed E-state index contributed by atoms with van der Waals surface area (Å²) in [6, 6.07) is 6.11. The predicted octanol–water partition coefficient (Wildman–Crippen LogP) is -0.913. The van der Waals surface area contributed by atoms with Crippen molar-refractivity contribution in [3.63, 3.8) is 0 Å². The Labute approximate surface area is 189 Å². The first-order valence-corrected chi connectivity index (χ1v) is 10.4. The molecule has 2 heterocycles. The molecule has 2 aliphatic rings. The number of aliphatic hydroxyl groups is 4. The maximum absolute atomic E-state index is 12.0. The predicted molar refractivity (Wildman–Crippen MR) is 110 cm³/mol. The summed E-state index contributed by atoms with van der Waals surface area (Å²) < 4.78 is 20.8. The number of hydrogen-bond acceptors (Lipinski definition) is 11. The highest BCUT2D eigenvalue weighted by atomic mass is 16.7. The van der Waals surface area contributed by atoms with Crippen molar-refractivity contribution in [3.8, 4) is 5.75 Å². The van der Waals surface area contributed by atoms with Gasteiger partial charge in [0.15, 0.2) is 6.29 Å². The average molecular weight is 468 g/mol. The van der Waals surface area contributed by atoms with Crippen LogP contribution in [0.2, 0.25) is 0 Å². The first kappa shape index (κ1) is 25.1. The van der Waals surface area contributed by atoms with Crippen molar-refractivity contribution in [2.75, 3.05) is 19.8 Å². The minimum Gasteiger partial charge on any atom is -0.508 e. The van der Waals surface area contributed by atoms with Gasteiger partial charge in [0.05, 0.1) is 13.0 Å². The zero-order valence-electron chi connectivity index (χ0n) is 17.9. The Morgan fingerprint density at radius 1 is 1.21 bits per heavy atom. The molecule has 182 valence electrons. The summed E-state index contributed by atoms with van der Waals surface area (Å²) in [7, 11) is 0. The summed E-state index contributed by atoms with van der Waals surface area (Å²) in [5, 5.41) is 50.2. The Morgan fingerprint density at radius 2 is 1.91 bits per heavy atom. The Balaban J connectivity index is 1.52. The number of rotatable bonds is 8. The topological polar surface area (TPSA) is 172 Å². The van der Waals surface area contributed by atoms with Gasteiger partial charge in [-0.25, -0.2) is 4.79 Å². The SMILES string of the molecule is CC(CO[C@@H]1O[C@H](COC(=O)/C=C/c2ccc(O)cc2)[C@@H](O)[C@H](O)[C@H]1O)C1(O)COC(=O)C1. The molecule has 33 heavy (non-hydrogen) atoms. The number of benzene rings is 1.